The molecule has 0 saturated heterocycles. The van der Waals surface area contributed by atoms with E-state index < -0.39 is 34.8 Å². The summed E-state index contributed by atoms with van der Waals surface area (Å²) in [5, 5.41) is 28.5. The lowest BCUT2D eigenvalue weighted by molar-refractivity contribution is -0.323. The van der Waals surface area contributed by atoms with Crippen molar-refractivity contribution in [2.24, 2.45) is 10.9 Å². The average molecular weight is 585 g/mol. The van der Waals surface area contributed by atoms with E-state index in [9.17, 15) is 14.0 Å². The Morgan fingerprint density at radius 2 is 1.88 bits per heavy atom. The molecule has 12 heteroatoms. The second-order valence-electron chi connectivity index (χ2n) is 9.65. The van der Waals surface area contributed by atoms with E-state index in [4.69, 9.17) is 26.9 Å². The van der Waals surface area contributed by atoms with Crippen molar-refractivity contribution in [3.05, 3.63) is 116 Å². The highest BCUT2D eigenvalue weighted by molar-refractivity contribution is 6.31. The van der Waals surface area contributed by atoms with Crippen LogP contribution in [0.3, 0.4) is 0 Å². The van der Waals surface area contributed by atoms with Crippen LogP contribution in [-0.2, 0) is 0 Å². The highest BCUT2D eigenvalue weighted by atomic mass is 35.5. The van der Waals surface area contributed by atoms with Crippen LogP contribution in [0.4, 0.5) is 8.78 Å². The second-order valence-corrected chi connectivity index (χ2v) is 10.0. The number of nitrogens with zero attached hydrogens (tertiary/aromatic N) is 3. The van der Waals surface area contributed by atoms with Crippen molar-refractivity contribution in [3.8, 4) is 0 Å². The summed E-state index contributed by atoms with van der Waals surface area (Å²) in [5.74, 6) is -2.81. The lowest BCUT2D eigenvalue weighted by atomic mass is 10.0. The van der Waals surface area contributed by atoms with E-state index in [2.05, 4.69) is 9.98 Å². The molecule has 1 saturated carbocycles. The Balaban J connectivity index is 1.69. The molecule has 4 N–H and O–H groups in total. The van der Waals surface area contributed by atoms with Crippen LogP contribution in [0.1, 0.15) is 58.4 Å². The Hall–Kier alpha value is -4.03. The number of aryl methyl sites for hydroxylation is 1. The van der Waals surface area contributed by atoms with Crippen molar-refractivity contribution in [1.29, 1.82) is 0 Å². The summed E-state index contributed by atoms with van der Waals surface area (Å²) in [7, 11) is 0. The Labute approximate surface area is 238 Å². The minimum Gasteiger partial charge on any atom is -0.325 e. The highest BCUT2D eigenvalue weighted by Gasteiger charge is 2.50. The third-order valence-electron chi connectivity index (χ3n) is 6.80. The van der Waals surface area contributed by atoms with E-state index in [1.807, 2.05) is 6.92 Å². The van der Waals surface area contributed by atoms with Gasteiger partial charge in [-0.2, -0.15) is 0 Å². The standard InChI is InChI=1S/C29H27ClF2N4O5/c1-4-9-34-22(19-6-5-7-20(26(19)32)27(37)35-29(39,40)41)8-10-36-15(2)11-21(25(30)28(36)38)24-16(3)23(24)17-12-18(31)14-33-13-17/h4-14,16,23-24,39-41H,1-3H3,(H,35,37)/b9-4+,10-8+,34-22-. The predicted molar refractivity (Wildman–Crippen MR) is 149 cm³/mol. The van der Waals surface area contributed by atoms with Crippen molar-refractivity contribution in [1.82, 2.24) is 14.9 Å². The summed E-state index contributed by atoms with van der Waals surface area (Å²) in [6.45, 7) is 5.38. The van der Waals surface area contributed by atoms with Gasteiger partial charge in [0.25, 0.3) is 11.5 Å². The zero-order valence-corrected chi connectivity index (χ0v) is 23.0. The fraction of sp³-hybridized carbons (Fsp3) is 0.241. The molecule has 1 aliphatic rings. The molecule has 1 fully saturated rings. The largest absolute Gasteiger partial charge is 0.369 e. The monoisotopic (exact) mass is 584 g/mol. The zero-order chi connectivity index (χ0) is 30.1. The molecule has 214 valence electrons. The van der Waals surface area contributed by atoms with Gasteiger partial charge in [0.1, 0.15) is 16.7 Å². The number of hydrogen-bond acceptors (Lipinski definition) is 7. The first-order valence-corrected chi connectivity index (χ1v) is 12.9. The summed E-state index contributed by atoms with van der Waals surface area (Å²) in [6.07, 6.45) is 4.89. The molecule has 3 unspecified atom stereocenters. The maximum atomic E-state index is 15.3. The van der Waals surface area contributed by atoms with Crippen LogP contribution in [0.25, 0.3) is 6.20 Å². The molecule has 3 atom stereocenters. The molecule has 0 bridgehead atoms. The lowest BCUT2D eigenvalue weighted by Crippen LogP contribution is -2.48. The maximum Gasteiger partial charge on any atom is 0.369 e. The summed E-state index contributed by atoms with van der Waals surface area (Å²) in [6, 6.07) is 6.96. The number of nitrogens with one attached hydrogen (secondary N) is 1. The second kappa shape index (κ2) is 11.8. The molecule has 3 aromatic rings. The number of allylic oxidation sites excluding steroid dienone is 2. The number of rotatable bonds is 8. The lowest BCUT2D eigenvalue weighted by Gasteiger charge is -2.16. The molecule has 2 aromatic heterocycles. The van der Waals surface area contributed by atoms with Crippen molar-refractivity contribution in [2.75, 3.05) is 0 Å². The van der Waals surface area contributed by atoms with Crippen LogP contribution in [0.5, 0.6) is 0 Å². The summed E-state index contributed by atoms with van der Waals surface area (Å²) < 4.78 is 30.4. The molecular weight excluding hydrogens is 558 g/mol. The summed E-state index contributed by atoms with van der Waals surface area (Å²) >= 11 is 6.54. The highest BCUT2D eigenvalue weighted by Crippen LogP contribution is 2.61. The first-order chi connectivity index (χ1) is 19.3. The third kappa shape index (κ3) is 6.49. The molecule has 1 aromatic carbocycles. The number of carbonyl (C=O) groups is 1. The van der Waals surface area contributed by atoms with Crippen LogP contribution in [0, 0.1) is 24.5 Å². The summed E-state index contributed by atoms with van der Waals surface area (Å²) in [5.41, 5.74) is 0.680. The van der Waals surface area contributed by atoms with Crippen LogP contribution in [0.2, 0.25) is 5.02 Å². The number of carbonyl (C=O) groups excluding carboxylic acids is 1. The first kappa shape index (κ1) is 29.9. The van der Waals surface area contributed by atoms with Crippen LogP contribution < -0.4 is 10.9 Å². The van der Waals surface area contributed by atoms with E-state index in [0.717, 1.165) is 17.8 Å². The molecule has 1 amide bonds. The zero-order valence-electron chi connectivity index (χ0n) is 22.2. The van der Waals surface area contributed by atoms with Crippen molar-refractivity contribution in [3.63, 3.8) is 0 Å². The van der Waals surface area contributed by atoms with E-state index in [1.165, 1.54) is 46.6 Å². The van der Waals surface area contributed by atoms with Gasteiger partial charge in [-0.1, -0.05) is 30.7 Å². The van der Waals surface area contributed by atoms with Crippen molar-refractivity contribution < 1.29 is 28.9 Å². The number of halogens is 3. The van der Waals surface area contributed by atoms with Gasteiger partial charge in [-0.3, -0.25) is 29.4 Å². The fourth-order valence-corrected chi connectivity index (χ4v) is 5.13. The number of aliphatic imine (C=N–C) groups is 1. The number of benzene rings is 1. The van der Waals surface area contributed by atoms with Gasteiger partial charge in [0.15, 0.2) is 0 Å². The number of hydrogen-bond donors (Lipinski definition) is 4. The molecular formula is C29H27ClF2N4O5. The number of pyridine rings is 2. The Kier molecular flexibility index (Phi) is 8.64. The average Bonchev–Trinajstić information content (AvgIpc) is 3.57. The van der Waals surface area contributed by atoms with Gasteiger partial charge in [0.05, 0.1) is 17.5 Å². The van der Waals surface area contributed by atoms with Crippen LogP contribution in [0.15, 0.2) is 70.9 Å². The molecule has 9 nitrogen and oxygen atoms in total. The van der Waals surface area contributed by atoms with Crippen LogP contribution >= 0.6 is 11.6 Å². The smallest absolute Gasteiger partial charge is 0.325 e. The van der Waals surface area contributed by atoms with Gasteiger partial charge in [-0.05, 0) is 73.1 Å². The molecule has 4 rings (SSSR count). The van der Waals surface area contributed by atoms with Crippen LogP contribution in [-0.4, -0.2) is 42.6 Å². The molecule has 0 aliphatic heterocycles. The molecule has 41 heavy (non-hydrogen) atoms. The van der Waals surface area contributed by atoms with Crippen molar-refractivity contribution >= 4 is 29.4 Å². The minimum absolute atomic E-state index is 0.00116. The van der Waals surface area contributed by atoms with E-state index in [-0.39, 0.29) is 34.1 Å². The van der Waals surface area contributed by atoms with Gasteiger partial charge in [-0.25, -0.2) is 8.78 Å². The first-order valence-electron chi connectivity index (χ1n) is 12.5. The van der Waals surface area contributed by atoms with E-state index >= 15 is 4.39 Å². The Morgan fingerprint density at radius 3 is 2.54 bits per heavy atom. The Bertz CT molecular complexity index is 1650. The van der Waals surface area contributed by atoms with Gasteiger partial charge in [0.2, 0.25) is 0 Å². The van der Waals surface area contributed by atoms with Gasteiger partial charge < -0.3 is 15.3 Å². The maximum absolute atomic E-state index is 15.3. The SMILES string of the molecule is C/C=C/N=C(/C=C/n1c(C)cc(C2C(C)C2c2cncc(F)c2)c(Cl)c1=O)c1cccc(C(=O)NC(O)(O)O)c1F. The predicted octanol–water partition coefficient (Wildman–Crippen LogP) is 3.81. The quantitative estimate of drug-likeness (QED) is 0.235. The van der Waals surface area contributed by atoms with Gasteiger partial charge >= 0.3 is 6.10 Å². The number of amides is 1. The van der Waals surface area contributed by atoms with E-state index in [0.29, 0.717) is 11.3 Å². The van der Waals surface area contributed by atoms with E-state index in [1.54, 1.807) is 32.2 Å². The minimum atomic E-state index is -3.54. The topological polar surface area (TPSA) is 137 Å². The molecule has 0 spiro atoms. The fourth-order valence-electron chi connectivity index (χ4n) is 4.86. The molecule has 0 radical (unpaired) electrons. The number of aromatic nitrogens is 2. The normalized spacial score (nSPS) is 19.2. The summed E-state index contributed by atoms with van der Waals surface area (Å²) in [4.78, 5) is 33.7. The molecule has 2 heterocycles. The Morgan fingerprint density at radius 1 is 1.17 bits per heavy atom. The third-order valence-corrected chi connectivity index (χ3v) is 7.18. The molecule has 1 aliphatic carbocycles. The number of aliphatic hydroxyl groups is 3. The van der Waals surface area contributed by atoms with Gasteiger partial charge in [-0.15, -0.1) is 0 Å². The van der Waals surface area contributed by atoms with Gasteiger partial charge in [0, 0.05) is 29.9 Å². The van der Waals surface area contributed by atoms with Crippen molar-refractivity contribution in [2.45, 2.75) is 38.7 Å².